The van der Waals surface area contributed by atoms with E-state index in [1.165, 1.54) is 6.07 Å². The lowest BCUT2D eigenvalue weighted by Crippen LogP contribution is -2.11. The molecule has 0 amide bonds. The smallest absolute Gasteiger partial charge is 0.195 e. The van der Waals surface area contributed by atoms with Crippen LogP contribution in [0.25, 0.3) is 0 Å². The zero-order chi connectivity index (χ0) is 11.7. The van der Waals surface area contributed by atoms with Crippen molar-refractivity contribution in [3.63, 3.8) is 0 Å². The fourth-order valence-corrected chi connectivity index (χ4v) is 2.47. The summed E-state index contributed by atoms with van der Waals surface area (Å²) in [6, 6.07) is 1.53. The van der Waals surface area contributed by atoms with Gasteiger partial charge in [-0.05, 0) is 59.4 Å². The molecule has 5 heteroatoms. The first-order valence-electron chi connectivity index (χ1n) is 5.19. The zero-order valence-electron chi connectivity index (χ0n) is 8.63. The molecule has 0 aliphatic carbocycles. The van der Waals surface area contributed by atoms with Gasteiger partial charge in [0.05, 0.1) is 4.47 Å². The van der Waals surface area contributed by atoms with Gasteiger partial charge in [-0.3, -0.25) is 0 Å². The van der Waals surface area contributed by atoms with Gasteiger partial charge in [-0.25, -0.2) is 4.39 Å². The van der Waals surface area contributed by atoms with Gasteiger partial charge in [-0.1, -0.05) is 0 Å². The fourth-order valence-electron chi connectivity index (χ4n) is 2.01. The molecule has 1 atom stereocenters. The third-order valence-electron chi connectivity index (χ3n) is 2.92. The van der Waals surface area contributed by atoms with Gasteiger partial charge in [0.15, 0.2) is 17.3 Å². The summed E-state index contributed by atoms with van der Waals surface area (Å²) in [7, 11) is 0. The molecule has 0 aromatic heterocycles. The van der Waals surface area contributed by atoms with Crippen LogP contribution >= 0.6 is 15.9 Å². The van der Waals surface area contributed by atoms with Gasteiger partial charge in [-0.15, -0.1) is 0 Å². The highest BCUT2D eigenvalue weighted by Crippen LogP contribution is 2.37. The van der Waals surface area contributed by atoms with Gasteiger partial charge in [0, 0.05) is 0 Å². The molecule has 3 nitrogen and oxygen atoms in total. The predicted octanol–water partition coefficient (Wildman–Crippen LogP) is 2.15. The molecule has 1 aliphatic heterocycles. The number of phenols is 2. The first kappa shape index (κ1) is 11.7. The summed E-state index contributed by atoms with van der Waals surface area (Å²) in [6.07, 6.45) is 1.68. The molecule has 0 bridgehead atoms. The van der Waals surface area contributed by atoms with Crippen LogP contribution in [0.15, 0.2) is 10.5 Å². The van der Waals surface area contributed by atoms with Crippen molar-refractivity contribution in [3.05, 3.63) is 21.9 Å². The fraction of sp³-hybridized carbons (Fsp3) is 0.455. The largest absolute Gasteiger partial charge is 0.504 e. The van der Waals surface area contributed by atoms with Crippen LogP contribution in [0.1, 0.15) is 12.0 Å². The lowest BCUT2D eigenvalue weighted by Gasteiger charge is -2.12. The Balaban J connectivity index is 2.26. The van der Waals surface area contributed by atoms with Crippen LogP contribution in [-0.2, 0) is 6.42 Å². The number of nitrogens with one attached hydrogen (secondary N) is 1. The van der Waals surface area contributed by atoms with E-state index in [0.717, 1.165) is 19.5 Å². The average molecular weight is 290 g/mol. The third kappa shape index (κ3) is 2.15. The third-order valence-corrected chi connectivity index (χ3v) is 3.50. The quantitative estimate of drug-likeness (QED) is 0.732. The molecule has 0 spiro atoms. The summed E-state index contributed by atoms with van der Waals surface area (Å²) < 4.78 is 13.4. The minimum absolute atomic E-state index is 0.184. The number of aromatic hydroxyl groups is 2. The molecular weight excluding hydrogens is 277 g/mol. The maximum atomic E-state index is 13.2. The summed E-state index contributed by atoms with van der Waals surface area (Å²) in [5.41, 5.74) is 0.583. The van der Waals surface area contributed by atoms with Gasteiger partial charge >= 0.3 is 0 Å². The maximum absolute atomic E-state index is 13.2. The number of halogens is 2. The van der Waals surface area contributed by atoms with E-state index >= 15 is 0 Å². The Hall–Kier alpha value is -0.810. The molecule has 1 saturated heterocycles. The van der Waals surface area contributed by atoms with Gasteiger partial charge in [0.25, 0.3) is 0 Å². The summed E-state index contributed by atoms with van der Waals surface area (Å²) in [5, 5.41) is 22.2. The Kier molecular flexibility index (Phi) is 3.35. The van der Waals surface area contributed by atoms with E-state index in [4.69, 9.17) is 0 Å². The molecular formula is C11H13BrFNO2. The van der Waals surface area contributed by atoms with Crippen molar-refractivity contribution in [2.24, 2.45) is 5.92 Å². The van der Waals surface area contributed by atoms with E-state index in [9.17, 15) is 14.6 Å². The summed E-state index contributed by atoms with van der Waals surface area (Å²) in [6.45, 7) is 1.87. The molecule has 16 heavy (non-hydrogen) atoms. The van der Waals surface area contributed by atoms with E-state index in [1.807, 2.05) is 0 Å². The molecule has 1 heterocycles. The SMILES string of the molecule is Oc1c(CC2CCNC2)cc(Br)c(F)c1O. The van der Waals surface area contributed by atoms with Crippen LogP contribution in [0.3, 0.4) is 0 Å². The molecule has 3 N–H and O–H groups in total. The monoisotopic (exact) mass is 289 g/mol. The van der Waals surface area contributed by atoms with Gasteiger partial charge in [-0.2, -0.15) is 0 Å². The Bertz CT molecular complexity index is 405. The molecule has 1 aromatic carbocycles. The Morgan fingerprint density at radius 1 is 1.44 bits per heavy atom. The normalized spacial score (nSPS) is 20.2. The van der Waals surface area contributed by atoms with Gasteiger partial charge < -0.3 is 15.5 Å². The standard InChI is InChI=1S/C11H13BrFNO2/c12-8-4-7(3-6-1-2-14-5-6)10(15)11(16)9(8)13/h4,6,14-16H,1-3,5H2. The highest BCUT2D eigenvalue weighted by Gasteiger charge is 2.20. The average Bonchev–Trinajstić information content (AvgIpc) is 2.76. The molecule has 1 unspecified atom stereocenters. The van der Waals surface area contributed by atoms with Crippen LogP contribution < -0.4 is 5.32 Å². The van der Waals surface area contributed by atoms with Crippen molar-refractivity contribution >= 4 is 15.9 Å². The first-order chi connectivity index (χ1) is 7.59. The topological polar surface area (TPSA) is 52.5 Å². The molecule has 0 saturated carbocycles. The number of hydrogen-bond donors (Lipinski definition) is 3. The van der Waals surface area contributed by atoms with Crippen LogP contribution in [0.5, 0.6) is 11.5 Å². The number of phenolic OH excluding ortho intramolecular Hbond substituents is 2. The summed E-state index contributed by atoms with van der Waals surface area (Å²) in [4.78, 5) is 0. The van der Waals surface area contributed by atoms with Crippen LogP contribution in [0, 0.1) is 11.7 Å². The second-order valence-electron chi connectivity index (χ2n) is 4.09. The Labute approximate surface area is 101 Å². The molecule has 1 aliphatic rings. The number of hydrogen-bond acceptors (Lipinski definition) is 3. The predicted molar refractivity (Wildman–Crippen MR) is 62.1 cm³/mol. The van der Waals surface area contributed by atoms with E-state index in [-0.39, 0.29) is 10.2 Å². The highest BCUT2D eigenvalue weighted by atomic mass is 79.9. The van der Waals surface area contributed by atoms with Gasteiger partial charge in [0.2, 0.25) is 0 Å². The van der Waals surface area contributed by atoms with Gasteiger partial charge in [0.1, 0.15) is 0 Å². The summed E-state index contributed by atoms with van der Waals surface area (Å²) in [5.74, 6) is -1.39. The lowest BCUT2D eigenvalue weighted by atomic mass is 9.97. The number of benzene rings is 1. The highest BCUT2D eigenvalue weighted by molar-refractivity contribution is 9.10. The van der Waals surface area contributed by atoms with Crippen molar-refractivity contribution in [1.82, 2.24) is 5.32 Å². The van der Waals surface area contributed by atoms with Crippen molar-refractivity contribution in [2.45, 2.75) is 12.8 Å². The zero-order valence-corrected chi connectivity index (χ0v) is 10.2. The van der Waals surface area contributed by atoms with E-state index in [1.54, 1.807) is 0 Å². The second kappa shape index (κ2) is 4.59. The van der Waals surface area contributed by atoms with Crippen molar-refractivity contribution in [3.8, 4) is 11.5 Å². The minimum Gasteiger partial charge on any atom is -0.504 e. The van der Waals surface area contributed by atoms with Crippen molar-refractivity contribution < 1.29 is 14.6 Å². The molecule has 0 radical (unpaired) electrons. The second-order valence-corrected chi connectivity index (χ2v) is 4.95. The summed E-state index contributed by atoms with van der Waals surface area (Å²) >= 11 is 3.02. The molecule has 1 fully saturated rings. The van der Waals surface area contributed by atoms with Crippen LogP contribution in [0.2, 0.25) is 0 Å². The minimum atomic E-state index is -0.814. The maximum Gasteiger partial charge on any atom is 0.195 e. The van der Waals surface area contributed by atoms with Crippen molar-refractivity contribution in [1.29, 1.82) is 0 Å². The molecule has 88 valence electrons. The Morgan fingerprint density at radius 3 is 2.81 bits per heavy atom. The molecule has 1 aromatic rings. The molecule has 2 rings (SSSR count). The first-order valence-corrected chi connectivity index (χ1v) is 5.98. The number of rotatable bonds is 2. The van der Waals surface area contributed by atoms with Crippen LogP contribution in [-0.4, -0.2) is 23.3 Å². The van der Waals surface area contributed by atoms with E-state index < -0.39 is 11.6 Å². The lowest BCUT2D eigenvalue weighted by molar-refractivity contribution is 0.371. The van der Waals surface area contributed by atoms with E-state index in [2.05, 4.69) is 21.2 Å². The Morgan fingerprint density at radius 2 is 2.19 bits per heavy atom. The van der Waals surface area contributed by atoms with Crippen molar-refractivity contribution in [2.75, 3.05) is 13.1 Å². The van der Waals surface area contributed by atoms with Crippen LogP contribution in [0.4, 0.5) is 4.39 Å². The van der Waals surface area contributed by atoms with E-state index in [0.29, 0.717) is 17.9 Å².